The first-order chi connectivity index (χ1) is 12.4. The van der Waals surface area contributed by atoms with Gasteiger partial charge in [0.15, 0.2) is 16.7 Å². The van der Waals surface area contributed by atoms with Crippen molar-refractivity contribution in [1.82, 2.24) is 5.32 Å². The number of nitrogens with one attached hydrogen (secondary N) is 1. The second kappa shape index (κ2) is 7.92. The van der Waals surface area contributed by atoms with Crippen LogP contribution in [0.4, 0.5) is 5.69 Å². The number of phenolic OH excluding ortho intramolecular Hbond substituents is 1. The molecule has 2 N–H and O–H groups in total. The Morgan fingerprint density at radius 2 is 2.08 bits per heavy atom. The van der Waals surface area contributed by atoms with Gasteiger partial charge in [-0.2, -0.15) is 0 Å². The van der Waals surface area contributed by atoms with E-state index in [2.05, 4.69) is 26.2 Å². The normalized spacial score (nSPS) is 17.0. The summed E-state index contributed by atoms with van der Waals surface area (Å²) in [4.78, 5) is 17.0. The zero-order valence-electron chi connectivity index (χ0n) is 13.2. The molecule has 0 radical (unpaired) electrons. The van der Waals surface area contributed by atoms with Crippen LogP contribution in [0.25, 0.3) is 6.08 Å². The molecule has 1 fully saturated rings. The Hall–Kier alpha value is -1.67. The summed E-state index contributed by atoms with van der Waals surface area (Å²) in [5, 5.41) is 13.8. The average Bonchev–Trinajstić information content (AvgIpc) is 2.92. The van der Waals surface area contributed by atoms with Gasteiger partial charge in [0.25, 0.3) is 5.91 Å². The lowest BCUT2D eigenvalue weighted by Gasteiger charge is -2.06. The number of methoxy groups -OCH3 is 1. The summed E-state index contributed by atoms with van der Waals surface area (Å²) < 4.78 is 5.73. The molecule has 0 atom stereocenters. The quantitative estimate of drug-likeness (QED) is 0.588. The highest BCUT2D eigenvalue weighted by Crippen LogP contribution is 2.36. The number of amidine groups is 1. The van der Waals surface area contributed by atoms with Crippen molar-refractivity contribution in [2.24, 2.45) is 4.99 Å². The van der Waals surface area contributed by atoms with E-state index >= 15 is 0 Å². The van der Waals surface area contributed by atoms with Gasteiger partial charge in [0.05, 0.1) is 22.7 Å². The number of hydrogen-bond acceptors (Lipinski definition) is 5. The van der Waals surface area contributed by atoms with Gasteiger partial charge in [-0.25, -0.2) is 4.99 Å². The molecule has 5 nitrogen and oxygen atoms in total. The third-order valence-corrected chi connectivity index (χ3v) is 5.50. The summed E-state index contributed by atoms with van der Waals surface area (Å²) >= 11 is 16.5. The van der Waals surface area contributed by atoms with Crippen LogP contribution in [0.2, 0.25) is 10.0 Å². The van der Waals surface area contributed by atoms with Crippen LogP contribution >= 0.6 is 50.9 Å². The first kappa shape index (κ1) is 19.1. The van der Waals surface area contributed by atoms with Gasteiger partial charge in [0, 0.05) is 9.50 Å². The molecule has 26 heavy (non-hydrogen) atoms. The molecule has 0 unspecified atom stereocenters. The van der Waals surface area contributed by atoms with Gasteiger partial charge in [0.2, 0.25) is 0 Å². The predicted octanol–water partition coefficient (Wildman–Crippen LogP) is 5.36. The van der Waals surface area contributed by atoms with E-state index in [9.17, 15) is 9.90 Å². The molecule has 0 spiro atoms. The van der Waals surface area contributed by atoms with Crippen LogP contribution in [0.5, 0.6) is 11.5 Å². The van der Waals surface area contributed by atoms with Crippen LogP contribution in [-0.2, 0) is 4.79 Å². The number of phenols is 1. The average molecular weight is 474 g/mol. The highest BCUT2D eigenvalue weighted by Gasteiger charge is 2.24. The number of carbonyl (C=O) groups excluding carboxylic acids is 1. The van der Waals surface area contributed by atoms with E-state index in [1.807, 2.05) is 0 Å². The Kier molecular flexibility index (Phi) is 5.82. The summed E-state index contributed by atoms with van der Waals surface area (Å²) in [7, 11) is 1.46. The number of hydrogen-bond donors (Lipinski definition) is 2. The molecule has 0 bridgehead atoms. The second-order valence-electron chi connectivity index (χ2n) is 5.12. The molecule has 1 heterocycles. The fraction of sp³-hybridized carbons (Fsp3) is 0.0588. The first-order valence-electron chi connectivity index (χ1n) is 7.18. The van der Waals surface area contributed by atoms with Crippen molar-refractivity contribution in [2.75, 3.05) is 7.11 Å². The number of carbonyl (C=O) groups is 1. The summed E-state index contributed by atoms with van der Waals surface area (Å²) in [6.45, 7) is 0. The third kappa shape index (κ3) is 4.17. The number of rotatable bonds is 3. The molecule has 9 heteroatoms. The van der Waals surface area contributed by atoms with Crippen molar-refractivity contribution in [2.45, 2.75) is 0 Å². The van der Waals surface area contributed by atoms with Gasteiger partial charge in [-0.15, -0.1) is 0 Å². The minimum atomic E-state index is -0.280. The van der Waals surface area contributed by atoms with Crippen molar-refractivity contribution in [1.29, 1.82) is 0 Å². The van der Waals surface area contributed by atoms with Gasteiger partial charge in [0.1, 0.15) is 0 Å². The zero-order valence-corrected chi connectivity index (χ0v) is 17.1. The van der Waals surface area contributed by atoms with E-state index in [1.54, 1.807) is 30.3 Å². The Bertz CT molecular complexity index is 963. The van der Waals surface area contributed by atoms with E-state index in [0.29, 0.717) is 41.6 Å². The number of amides is 1. The Balaban J connectivity index is 1.90. The molecular weight excluding hydrogens is 463 g/mol. The van der Waals surface area contributed by atoms with E-state index in [4.69, 9.17) is 27.9 Å². The van der Waals surface area contributed by atoms with Gasteiger partial charge < -0.3 is 15.2 Å². The molecule has 1 aliphatic heterocycles. The number of halogens is 3. The SMILES string of the molecule is COc1cc(C=C2SC(=Nc3ccc(Cl)cc3Cl)NC2=O)c(Br)cc1O. The van der Waals surface area contributed by atoms with Crippen molar-refractivity contribution in [3.63, 3.8) is 0 Å². The van der Waals surface area contributed by atoms with E-state index in [0.717, 1.165) is 0 Å². The van der Waals surface area contributed by atoms with Crippen LogP contribution in [0.15, 0.2) is 44.7 Å². The molecule has 0 aliphatic carbocycles. The molecule has 3 rings (SSSR count). The van der Waals surface area contributed by atoms with E-state index < -0.39 is 0 Å². The number of ether oxygens (including phenoxy) is 1. The number of aliphatic imine (C=N–C) groups is 1. The molecule has 1 aliphatic rings. The monoisotopic (exact) mass is 472 g/mol. The minimum absolute atomic E-state index is 0.00434. The van der Waals surface area contributed by atoms with Gasteiger partial charge in [-0.3, -0.25) is 4.79 Å². The number of benzene rings is 2. The Labute approximate surface area is 172 Å². The van der Waals surface area contributed by atoms with Gasteiger partial charge >= 0.3 is 0 Å². The van der Waals surface area contributed by atoms with Crippen molar-refractivity contribution in [3.8, 4) is 11.5 Å². The number of thioether (sulfide) groups is 1. The topological polar surface area (TPSA) is 70.9 Å². The zero-order chi connectivity index (χ0) is 18.8. The fourth-order valence-electron chi connectivity index (χ4n) is 2.14. The van der Waals surface area contributed by atoms with E-state index in [-0.39, 0.29) is 11.7 Å². The summed E-state index contributed by atoms with van der Waals surface area (Å²) in [6.07, 6.45) is 1.68. The molecule has 2 aromatic carbocycles. The molecule has 1 saturated heterocycles. The largest absolute Gasteiger partial charge is 0.504 e. The van der Waals surface area contributed by atoms with Crippen LogP contribution in [0, 0.1) is 0 Å². The lowest BCUT2D eigenvalue weighted by atomic mass is 10.2. The minimum Gasteiger partial charge on any atom is -0.504 e. The number of nitrogens with zero attached hydrogens (tertiary/aromatic N) is 1. The van der Waals surface area contributed by atoms with Crippen molar-refractivity contribution in [3.05, 3.63) is 55.3 Å². The molecule has 134 valence electrons. The third-order valence-electron chi connectivity index (χ3n) is 3.37. The molecule has 2 aromatic rings. The summed E-state index contributed by atoms with van der Waals surface area (Å²) in [6, 6.07) is 8.07. The summed E-state index contributed by atoms with van der Waals surface area (Å²) in [5.41, 5.74) is 1.19. The highest BCUT2D eigenvalue weighted by atomic mass is 79.9. The highest BCUT2D eigenvalue weighted by molar-refractivity contribution is 9.10. The molecular formula is C17H11BrCl2N2O3S. The predicted molar refractivity (Wildman–Crippen MR) is 110 cm³/mol. The second-order valence-corrected chi connectivity index (χ2v) is 7.85. The Morgan fingerprint density at radius 1 is 1.31 bits per heavy atom. The van der Waals surface area contributed by atoms with Crippen LogP contribution in [0.1, 0.15) is 5.56 Å². The number of aromatic hydroxyl groups is 1. The maximum absolute atomic E-state index is 12.2. The lowest BCUT2D eigenvalue weighted by molar-refractivity contribution is -0.115. The van der Waals surface area contributed by atoms with Crippen LogP contribution < -0.4 is 10.1 Å². The van der Waals surface area contributed by atoms with Gasteiger partial charge in [-0.05, 0) is 53.7 Å². The maximum Gasteiger partial charge on any atom is 0.264 e. The molecule has 0 saturated carbocycles. The maximum atomic E-state index is 12.2. The standard InChI is InChI=1S/C17H11BrCl2N2O3S/c1-25-14-4-8(10(18)7-13(14)23)5-15-16(24)22-17(26-15)21-12-3-2-9(19)6-11(12)20/h2-7,23H,1H3,(H,21,22,24). The lowest BCUT2D eigenvalue weighted by Crippen LogP contribution is -2.19. The fourth-order valence-corrected chi connectivity index (χ4v) is 3.86. The van der Waals surface area contributed by atoms with E-state index in [1.165, 1.54) is 24.9 Å². The smallest absolute Gasteiger partial charge is 0.264 e. The first-order valence-corrected chi connectivity index (χ1v) is 9.55. The van der Waals surface area contributed by atoms with Crippen molar-refractivity contribution >= 4 is 73.7 Å². The summed E-state index contributed by atoms with van der Waals surface area (Å²) in [5.74, 6) is 0.0350. The van der Waals surface area contributed by atoms with Gasteiger partial charge in [-0.1, -0.05) is 39.1 Å². The van der Waals surface area contributed by atoms with Crippen LogP contribution in [0.3, 0.4) is 0 Å². The Morgan fingerprint density at radius 3 is 2.77 bits per heavy atom. The molecule has 1 amide bonds. The van der Waals surface area contributed by atoms with Crippen molar-refractivity contribution < 1.29 is 14.6 Å². The van der Waals surface area contributed by atoms with Crippen LogP contribution in [-0.4, -0.2) is 23.3 Å². The molecule has 0 aromatic heterocycles.